The van der Waals surface area contributed by atoms with E-state index in [1.807, 2.05) is 6.08 Å². The maximum absolute atomic E-state index is 5.73. The van der Waals surface area contributed by atoms with E-state index in [0.717, 1.165) is 6.61 Å². The van der Waals surface area contributed by atoms with Crippen molar-refractivity contribution < 1.29 is 4.74 Å². The molecular formula is C15H28O. The molecule has 0 aromatic carbocycles. The SMILES string of the molecule is C=CCCCCCCCCC1CCCCO1. The van der Waals surface area contributed by atoms with Crippen LogP contribution in [0.2, 0.25) is 0 Å². The van der Waals surface area contributed by atoms with Crippen molar-refractivity contribution in [2.45, 2.75) is 76.7 Å². The fourth-order valence-electron chi connectivity index (χ4n) is 2.40. The summed E-state index contributed by atoms with van der Waals surface area (Å²) in [5.74, 6) is 0. The van der Waals surface area contributed by atoms with Crippen molar-refractivity contribution >= 4 is 0 Å². The summed E-state index contributed by atoms with van der Waals surface area (Å²) in [7, 11) is 0. The van der Waals surface area contributed by atoms with Gasteiger partial charge in [-0.15, -0.1) is 6.58 Å². The van der Waals surface area contributed by atoms with E-state index >= 15 is 0 Å². The molecule has 0 saturated carbocycles. The molecule has 1 aliphatic rings. The van der Waals surface area contributed by atoms with Gasteiger partial charge in [-0.25, -0.2) is 0 Å². The van der Waals surface area contributed by atoms with E-state index in [2.05, 4.69) is 6.58 Å². The van der Waals surface area contributed by atoms with Gasteiger partial charge >= 0.3 is 0 Å². The molecule has 0 bridgehead atoms. The van der Waals surface area contributed by atoms with Gasteiger partial charge in [-0.3, -0.25) is 0 Å². The van der Waals surface area contributed by atoms with Crippen LogP contribution in [0.1, 0.15) is 70.6 Å². The average molecular weight is 224 g/mol. The van der Waals surface area contributed by atoms with Crippen molar-refractivity contribution in [2.75, 3.05) is 6.61 Å². The lowest BCUT2D eigenvalue weighted by atomic mass is 10.0. The Hall–Kier alpha value is -0.300. The molecule has 1 heterocycles. The van der Waals surface area contributed by atoms with Crippen molar-refractivity contribution in [1.82, 2.24) is 0 Å². The van der Waals surface area contributed by atoms with Crippen LogP contribution in [-0.2, 0) is 4.74 Å². The van der Waals surface area contributed by atoms with Crippen LogP contribution in [0.15, 0.2) is 12.7 Å². The van der Waals surface area contributed by atoms with Gasteiger partial charge < -0.3 is 4.74 Å². The van der Waals surface area contributed by atoms with Crippen LogP contribution in [-0.4, -0.2) is 12.7 Å². The number of unbranched alkanes of at least 4 members (excludes halogenated alkanes) is 6. The minimum atomic E-state index is 0.592. The van der Waals surface area contributed by atoms with Crippen LogP contribution in [0.25, 0.3) is 0 Å². The quantitative estimate of drug-likeness (QED) is 0.401. The zero-order chi connectivity index (χ0) is 11.5. The van der Waals surface area contributed by atoms with Crippen molar-refractivity contribution in [3.05, 3.63) is 12.7 Å². The lowest BCUT2D eigenvalue weighted by molar-refractivity contribution is 0.00977. The number of rotatable bonds is 9. The third-order valence-corrected chi connectivity index (χ3v) is 3.46. The van der Waals surface area contributed by atoms with Gasteiger partial charge in [0, 0.05) is 6.61 Å². The molecular weight excluding hydrogens is 196 g/mol. The molecule has 0 amide bonds. The first-order valence-electron chi connectivity index (χ1n) is 7.16. The third-order valence-electron chi connectivity index (χ3n) is 3.46. The maximum Gasteiger partial charge on any atom is 0.0575 e. The standard InChI is InChI=1S/C15H28O/c1-2-3-4-5-6-7-8-9-12-15-13-10-11-14-16-15/h2,15H,1,3-14H2. The number of ether oxygens (including phenoxy) is 1. The predicted molar refractivity (Wildman–Crippen MR) is 70.7 cm³/mol. The highest BCUT2D eigenvalue weighted by atomic mass is 16.5. The second kappa shape index (κ2) is 9.89. The second-order valence-electron chi connectivity index (χ2n) is 4.98. The summed E-state index contributed by atoms with van der Waals surface area (Å²) in [6, 6.07) is 0. The molecule has 0 aromatic heterocycles. The van der Waals surface area contributed by atoms with Crippen molar-refractivity contribution in [2.24, 2.45) is 0 Å². The highest BCUT2D eigenvalue weighted by molar-refractivity contribution is 4.66. The molecule has 1 saturated heterocycles. The van der Waals surface area contributed by atoms with Crippen LogP contribution in [0.3, 0.4) is 0 Å². The van der Waals surface area contributed by atoms with Gasteiger partial charge in [0.05, 0.1) is 6.10 Å². The average Bonchev–Trinajstić information content (AvgIpc) is 2.34. The Balaban J connectivity index is 1.78. The summed E-state index contributed by atoms with van der Waals surface area (Å²) in [6.07, 6.45) is 17.4. The van der Waals surface area contributed by atoms with E-state index in [9.17, 15) is 0 Å². The fraction of sp³-hybridized carbons (Fsp3) is 0.867. The molecule has 0 radical (unpaired) electrons. The van der Waals surface area contributed by atoms with Crippen LogP contribution in [0.4, 0.5) is 0 Å². The first-order chi connectivity index (χ1) is 7.93. The van der Waals surface area contributed by atoms with E-state index in [-0.39, 0.29) is 0 Å². The van der Waals surface area contributed by atoms with E-state index < -0.39 is 0 Å². The largest absolute Gasteiger partial charge is 0.378 e. The minimum Gasteiger partial charge on any atom is -0.378 e. The molecule has 1 aliphatic heterocycles. The number of hydrogen-bond donors (Lipinski definition) is 0. The zero-order valence-electron chi connectivity index (χ0n) is 10.8. The highest BCUT2D eigenvalue weighted by Crippen LogP contribution is 2.18. The smallest absolute Gasteiger partial charge is 0.0575 e. The van der Waals surface area contributed by atoms with Crippen molar-refractivity contribution in [3.8, 4) is 0 Å². The summed E-state index contributed by atoms with van der Waals surface area (Å²) >= 11 is 0. The molecule has 0 aromatic rings. The molecule has 1 unspecified atom stereocenters. The number of hydrogen-bond acceptors (Lipinski definition) is 1. The number of allylic oxidation sites excluding steroid dienone is 1. The van der Waals surface area contributed by atoms with Gasteiger partial charge in [0.15, 0.2) is 0 Å². The van der Waals surface area contributed by atoms with E-state index in [4.69, 9.17) is 4.74 Å². The van der Waals surface area contributed by atoms with Gasteiger partial charge in [-0.1, -0.05) is 38.2 Å². The molecule has 16 heavy (non-hydrogen) atoms. The van der Waals surface area contributed by atoms with Crippen LogP contribution >= 0.6 is 0 Å². The van der Waals surface area contributed by atoms with Gasteiger partial charge in [0.25, 0.3) is 0 Å². The molecule has 0 aliphatic carbocycles. The van der Waals surface area contributed by atoms with Gasteiger partial charge in [0.1, 0.15) is 0 Å². The Morgan fingerprint density at radius 1 is 1.00 bits per heavy atom. The summed E-state index contributed by atoms with van der Waals surface area (Å²) in [4.78, 5) is 0. The Morgan fingerprint density at radius 2 is 1.75 bits per heavy atom. The summed E-state index contributed by atoms with van der Waals surface area (Å²) in [5.41, 5.74) is 0. The summed E-state index contributed by atoms with van der Waals surface area (Å²) in [5, 5.41) is 0. The Labute approximate surface area is 101 Å². The summed E-state index contributed by atoms with van der Waals surface area (Å²) in [6.45, 7) is 4.75. The Morgan fingerprint density at radius 3 is 2.44 bits per heavy atom. The van der Waals surface area contributed by atoms with Crippen LogP contribution < -0.4 is 0 Å². The second-order valence-corrected chi connectivity index (χ2v) is 4.98. The lowest BCUT2D eigenvalue weighted by Crippen LogP contribution is -2.18. The van der Waals surface area contributed by atoms with Crippen molar-refractivity contribution in [3.63, 3.8) is 0 Å². The highest BCUT2D eigenvalue weighted by Gasteiger charge is 2.12. The normalized spacial score (nSPS) is 20.9. The van der Waals surface area contributed by atoms with E-state index in [1.54, 1.807) is 0 Å². The van der Waals surface area contributed by atoms with Gasteiger partial charge in [-0.2, -0.15) is 0 Å². The Bertz CT molecular complexity index is 159. The van der Waals surface area contributed by atoms with Crippen LogP contribution in [0.5, 0.6) is 0 Å². The molecule has 1 fully saturated rings. The Kier molecular flexibility index (Phi) is 8.51. The predicted octanol–water partition coefficient (Wildman–Crippen LogP) is 4.86. The molecule has 1 atom stereocenters. The molecule has 1 heteroatoms. The summed E-state index contributed by atoms with van der Waals surface area (Å²) < 4.78 is 5.73. The molecule has 1 nitrogen and oxygen atoms in total. The van der Waals surface area contributed by atoms with Gasteiger partial charge in [-0.05, 0) is 38.5 Å². The van der Waals surface area contributed by atoms with E-state index in [0.29, 0.717) is 6.10 Å². The molecule has 0 N–H and O–H groups in total. The molecule has 1 rings (SSSR count). The zero-order valence-corrected chi connectivity index (χ0v) is 10.8. The monoisotopic (exact) mass is 224 g/mol. The van der Waals surface area contributed by atoms with Gasteiger partial charge in [0.2, 0.25) is 0 Å². The van der Waals surface area contributed by atoms with Crippen molar-refractivity contribution in [1.29, 1.82) is 0 Å². The van der Waals surface area contributed by atoms with Crippen LogP contribution in [0, 0.1) is 0 Å². The third kappa shape index (κ3) is 7.05. The maximum atomic E-state index is 5.73. The topological polar surface area (TPSA) is 9.23 Å². The van der Waals surface area contributed by atoms with E-state index in [1.165, 1.54) is 70.6 Å². The lowest BCUT2D eigenvalue weighted by Gasteiger charge is -2.22. The first kappa shape index (κ1) is 13.8. The fourth-order valence-corrected chi connectivity index (χ4v) is 2.40. The molecule has 0 spiro atoms. The minimum absolute atomic E-state index is 0.592. The molecule has 94 valence electrons. The first-order valence-corrected chi connectivity index (χ1v) is 7.16.